The van der Waals surface area contributed by atoms with E-state index in [0.717, 1.165) is 12.1 Å². The van der Waals surface area contributed by atoms with Crippen LogP contribution in [0, 0.1) is 13.8 Å². The van der Waals surface area contributed by atoms with Crippen molar-refractivity contribution in [1.29, 1.82) is 0 Å². The zero-order valence-electron chi connectivity index (χ0n) is 12.2. The summed E-state index contributed by atoms with van der Waals surface area (Å²) in [5.41, 5.74) is 3.52. The number of nitrogens with one attached hydrogen (secondary N) is 1. The van der Waals surface area contributed by atoms with E-state index < -0.39 is 6.10 Å². The number of hydrogen-bond donors (Lipinski definition) is 2. The minimum Gasteiger partial charge on any atom is -0.387 e. The first-order chi connectivity index (χ1) is 8.56. The quantitative estimate of drug-likeness (QED) is 0.725. The van der Waals surface area contributed by atoms with Gasteiger partial charge in [0.2, 0.25) is 0 Å². The van der Waals surface area contributed by atoms with Crippen molar-refractivity contribution in [3.63, 3.8) is 0 Å². The molecule has 102 valence electrons. The van der Waals surface area contributed by atoms with Crippen molar-refractivity contribution in [1.82, 2.24) is 5.32 Å². The third kappa shape index (κ3) is 4.43. The second-order valence-corrected chi connectivity index (χ2v) is 5.24. The molecule has 0 aliphatic rings. The predicted molar refractivity (Wildman–Crippen MR) is 77.9 cm³/mol. The van der Waals surface area contributed by atoms with Crippen LogP contribution >= 0.6 is 0 Å². The standard InChI is InChI=1S/C16H27NO/c1-5-6-7-10-17-14(4)16(18)15-9-8-12(2)13(3)11-15/h8-9,11,14,16-18H,5-7,10H2,1-4H3. The number of rotatable bonds is 7. The third-order valence-electron chi connectivity index (χ3n) is 3.59. The SMILES string of the molecule is CCCCCNC(C)C(O)c1ccc(C)c(C)c1. The van der Waals surface area contributed by atoms with Crippen molar-refractivity contribution in [3.8, 4) is 0 Å². The first-order valence-electron chi connectivity index (χ1n) is 7.04. The summed E-state index contributed by atoms with van der Waals surface area (Å²) < 4.78 is 0. The van der Waals surface area contributed by atoms with Crippen LogP contribution < -0.4 is 5.32 Å². The Balaban J connectivity index is 2.51. The summed E-state index contributed by atoms with van der Waals surface area (Å²) in [6, 6.07) is 6.29. The van der Waals surface area contributed by atoms with Gasteiger partial charge < -0.3 is 10.4 Å². The van der Waals surface area contributed by atoms with Crippen LogP contribution in [0.4, 0.5) is 0 Å². The van der Waals surface area contributed by atoms with Gasteiger partial charge in [0.25, 0.3) is 0 Å². The average Bonchev–Trinajstić information content (AvgIpc) is 2.37. The molecule has 2 heteroatoms. The number of aliphatic hydroxyl groups is 1. The lowest BCUT2D eigenvalue weighted by Gasteiger charge is -2.21. The van der Waals surface area contributed by atoms with E-state index in [2.05, 4.69) is 38.2 Å². The van der Waals surface area contributed by atoms with Crippen molar-refractivity contribution >= 4 is 0 Å². The molecule has 18 heavy (non-hydrogen) atoms. The number of aryl methyl sites for hydroxylation is 2. The minimum atomic E-state index is -0.425. The Hall–Kier alpha value is -0.860. The van der Waals surface area contributed by atoms with Crippen LogP contribution in [0.3, 0.4) is 0 Å². The summed E-state index contributed by atoms with van der Waals surface area (Å²) in [4.78, 5) is 0. The lowest BCUT2D eigenvalue weighted by Crippen LogP contribution is -2.32. The summed E-state index contributed by atoms with van der Waals surface area (Å²) in [6.07, 6.45) is 3.24. The van der Waals surface area contributed by atoms with Gasteiger partial charge in [-0.05, 0) is 50.4 Å². The van der Waals surface area contributed by atoms with Gasteiger partial charge in [0.05, 0.1) is 6.10 Å². The van der Waals surface area contributed by atoms with Gasteiger partial charge in [-0.1, -0.05) is 38.0 Å². The van der Waals surface area contributed by atoms with Gasteiger partial charge in [-0.15, -0.1) is 0 Å². The smallest absolute Gasteiger partial charge is 0.0940 e. The maximum atomic E-state index is 10.3. The van der Waals surface area contributed by atoms with Gasteiger partial charge >= 0.3 is 0 Å². The molecule has 0 heterocycles. The molecule has 0 bridgehead atoms. The normalized spacial score (nSPS) is 14.5. The molecule has 0 aromatic heterocycles. The van der Waals surface area contributed by atoms with E-state index >= 15 is 0 Å². The molecule has 2 atom stereocenters. The number of unbranched alkanes of at least 4 members (excludes halogenated alkanes) is 2. The van der Waals surface area contributed by atoms with Crippen molar-refractivity contribution in [3.05, 3.63) is 34.9 Å². The molecule has 1 rings (SSSR count). The van der Waals surface area contributed by atoms with Crippen molar-refractivity contribution in [2.75, 3.05) is 6.54 Å². The highest BCUT2D eigenvalue weighted by atomic mass is 16.3. The Morgan fingerprint density at radius 1 is 1.17 bits per heavy atom. The van der Waals surface area contributed by atoms with Gasteiger partial charge in [-0.2, -0.15) is 0 Å². The van der Waals surface area contributed by atoms with Crippen LogP contribution in [-0.4, -0.2) is 17.7 Å². The zero-order valence-corrected chi connectivity index (χ0v) is 12.2. The summed E-state index contributed by atoms with van der Waals surface area (Å²) in [7, 11) is 0. The van der Waals surface area contributed by atoms with E-state index in [1.807, 2.05) is 13.0 Å². The highest BCUT2D eigenvalue weighted by Gasteiger charge is 2.15. The first kappa shape index (κ1) is 15.2. The minimum absolute atomic E-state index is 0.101. The van der Waals surface area contributed by atoms with Crippen molar-refractivity contribution in [2.24, 2.45) is 0 Å². The Morgan fingerprint density at radius 3 is 2.50 bits per heavy atom. The fourth-order valence-corrected chi connectivity index (χ4v) is 2.05. The van der Waals surface area contributed by atoms with Gasteiger partial charge in [0, 0.05) is 6.04 Å². The summed E-state index contributed by atoms with van der Waals surface area (Å²) >= 11 is 0. The van der Waals surface area contributed by atoms with Gasteiger partial charge in [-0.25, -0.2) is 0 Å². The van der Waals surface area contributed by atoms with E-state index in [1.165, 1.54) is 30.4 Å². The summed E-state index contributed by atoms with van der Waals surface area (Å²) in [5.74, 6) is 0. The molecule has 0 fully saturated rings. The fourth-order valence-electron chi connectivity index (χ4n) is 2.05. The van der Waals surface area contributed by atoms with Crippen LogP contribution in [-0.2, 0) is 0 Å². The van der Waals surface area contributed by atoms with E-state index in [1.54, 1.807) is 0 Å². The molecular formula is C16H27NO. The molecule has 1 aromatic carbocycles. The first-order valence-corrected chi connectivity index (χ1v) is 7.04. The molecule has 2 unspecified atom stereocenters. The van der Waals surface area contributed by atoms with Gasteiger partial charge in [-0.3, -0.25) is 0 Å². The Bertz CT molecular complexity index is 362. The average molecular weight is 249 g/mol. The Labute approximate surface area is 111 Å². The van der Waals surface area contributed by atoms with E-state index in [0.29, 0.717) is 0 Å². The van der Waals surface area contributed by atoms with Gasteiger partial charge in [0.15, 0.2) is 0 Å². The lowest BCUT2D eigenvalue weighted by molar-refractivity contribution is 0.136. The summed E-state index contributed by atoms with van der Waals surface area (Å²) in [6.45, 7) is 9.42. The van der Waals surface area contributed by atoms with Crippen LogP contribution in [0.1, 0.15) is 55.9 Å². The van der Waals surface area contributed by atoms with Gasteiger partial charge in [0.1, 0.15) is 0 Å². The van der Waals surface area contributed by atoms with Crippen molar-refractivity contribution < 1.29 is 5.11 Å². The molecule has 0 spiro atoms. The topological polar surface area (TPSA) is 32.3 Å². The van der Waals surface area contributed by atoms with E-state index in [9.17, 15) is 5.11 Å². The molecular weight excluding hydrogens is 222 g/mol. The largest absolute Gasteiger partial charge is 0.387 e. The van der Waals surface area contributed by atoms with E-state index in [4.69, 9.17) is 0 Å². The lowest BCUT2D eigenvalue weighted by atomic mass is 9.99. The van der Waals surface area contributed by atoms with Crippen LogP contribution in [0.5, 0.6) is 0 Å². The Morgan fingerprint density at radius 2 is 1.89 bits per heavy atom. The second-order valence-electron chi connectivity index (χ2n) is 5.24. The number of benzene rings is 1. The third-order valence-corrected chi connectivity index (χ3v) is 3.59. The van der Waals surface area contributed by atoms with Crippen molar-refractivity contribution in [2.45, 2.75) is 59.1 Å². The molecule has 0 amide bonds. The monoisotopic (exact) mass is 249 g/mol. The maximum Gasteiger partial charge on any atom is 0.0940 e. The fraction of sp³-hybridized carbons (Fsp3) is 0.625. The number of hydrogen-bond acceptors (Lipinski definition) is 2. The highest BCUT2D eigenvalue weighted by molar-refractivity contribution is 5.31. The van der Waals surface area contributed by atoms with E-state index in [-0.39, 0.29) is 6.04 Å². The highest BCUT2D eigenvalue weighted by Crippen LogP contribution is 2.19. The molecule has 0 radical (unpaired) electrons. The summed E-state index contributed by atoms with van der Waals surface area (Å²) in [5, 5.41) is 13.7. The van der Waals surface area contributed by atoms with Crippen LogP contribution in [0.15, 0.2) is 18.2 Å². The van der Waals surface area contributed by atoms with Crippen LogP contribution in [0.2, 0.25) is 0 Å². The molecule has 0 saturated heterocycles. The predicted octanol–water partition coefficient (Wildman–Crippen LogP) is 3.51. The number of aliphatic hydroxyl groups excluding tert-OH is 1. The van der Waals surface area contributed by atoms with Crippen LogP contribution in [0.25, 0.3) is 0 Å². The maximum absolute atomic E-state index is 10.3. The second kappa shape index (κ2) is 7.55. The molecule has 1 aromatic rings. The zero-order chi connectivity index (χ0) is 13.5. The molecule has 0 saturated carbocycles. The molecule has 0 aliphatic carbocycles. The molecule has 2 N–H and O–H groups in total. The molecule has 2 nitrogen and oxygen atoms in total. The Kier molecular flexibility index (Phi) is 6.37. The molecule has 0 aliphatic heterocycles.